The molecule has 0 aliphatic carbocycles. The number of fused-ring (bicyclic) bond motifs is 1. The van der Waals surface area contributed by atoms with Crippen LogP contribution in [-0.2, 0) is 0 Å². The van der Waals surface area contributed by atoms with Crippen molar-refractivity contribution in [2.75, 3.05) is 0 Å². The van der Waals surface area contributed by atoms with Gasteiger partial charge in [0.05, 0.1) is 5.52 Å². The summed E-state index contributed by atoms with van der Waals surface area (Å²) in [6, 6.07) is 8.38. The van der Waals surface area contributed by atoms with Crippen LogP contribution >= 0.6 is 0 Å². The van der Waals surface area contributed by atoms with Crippen LogP contribution in [-0.4, -0.2) is 14.7 Å². The van der Waals surface area contributed by atoms with Gasteiger partial charge in [-0.2, -0.15) is 0 Å². The summed E-state index contributed by atoms with van der Waals surface area (Å²) in [5.41, 5.74) is 0.659. The van der Waals surface area contributed by atoms with Crippen LogP contribution in [0.25, 0.3) is 16.9 Å². The zero-order valence-electron chi connectivity index (χ0n) is 9.10. The number of furan rings is 1. The second-order valence-electron chi connectivity index (χ2n) is 3.82. The lowest BCUT2D eigenvalue weighted by molar-refractivity contribution is 0.474. The van der Waals surface area contributed by atoms with Gasteiger partial charge < -0.3 is 14.5 Å². The number of para-hydroxylation sites is 1. The van der Waals surface area contributed by atoms with Gasteiger partial charge in [0, 0.05) is 6.07 Å². The van der Waals surface area contributed by atoms with Crippen molar-refractivity contribution >= 4 is 11.0 Å². The minimum absolute atomic E-state index is 0.0369. The highest BCUT2D eigenvalue weighted by molar-refractivity contribution is 5.82. The lowest BCUT2D eigenvalue weighted by Crippen LogP contribution is -2.13. The van der Waals surface area contributed by atoms with Crippen molar-refractivity contribution in [1.29, 1.82) is 0 Å². The van der Waals surface area contributed by atoms with Crippen LogP contribution in [0, 0.1) is 6.92 Å². The normalized spacial score (nSPS) is 11.1. The summed E-state index contributed by atoms with van der Waals surface area (Å²) in [5.74, 6) is 1.13. The van der Waals surface area contributed by atoms with Crippen molar-refractivity contribution in [3.8, 4) is 11.6 Å². The summed E-state index contributed by atoms with van der Waals surface area (Å²) < 4.78 is 6.72. The summed E-state index contributed by atoms with van der Waals surface area (Å²) in [4.78, 5) is 14.5. The number of hydrogen-bond donors (Lipinski definition) is 2. The predicted molar refractivity (Wildman–Crippen MR) is 62.6 cm³/mol. The van der Waals surface area contributed by atoms with Crippen LogP contribution in [0.2, 0.25) is 0 Å². The Kier molecular flexibility index (Phi) is 1.89. The molecule has 0 aliphatic heterocycles. The van der Waals surface area contributed by atoms with E-state index in [1.807, 2.05) is 0 Å². The first-order valence-electron chi connectivity index (χ1n) is 5.16. The lowest BCUT2D eigenvalue weighted by Gasteiger charge is -2.00. The molecule has 0 spiro atoms. The molecule has 0 unspecified atom stereocenters. The summed E-state index contributed by atoms with van der Waals surface area (Å²) >= 11 is 0. The van der Waals surface area contributed by atoms with Crippen molar-refractivity contribution in [2.24, 2.45) is 0 Å². The van der Waals surface area contributed by atoms with Gasteiger partial charge in [0.25, 0.3) is 0 Å². The number of aryl methyl sites for hydroxylation is 1. The van der Waals surface area contributed by atoms with Gasteiger partial charge in [0.15, 0.2) is 0 Å². The van der Waals surface area contributed by atoms with E-state index in [9.17, 15) is 9.90 Å². The molecule has 0 amide bonds. The van der Waals surface area contributed by atoms with E-state index in [2.05, 4.69) is 4.98 Å². The molecule has 0 bridgehead atoms. The highest BCUT2D eigenvalue weighted by Crippen LogP contribution is 2.24. The fourth-order valence-electron chi connectivity index (χ4n) is 1.89. The van der Waals surface area contributed by atoms with Crippen molar-refractivity contribution in [3.63, 3.8) is 0 Å². The molecule has 1 aromatic carbocycles. The van der Waals surface area contributed by atoms with E-state index < -0.39 is 0 Å². The number of nitrogens with one attached hydrogen (secondary N) is 1. The molecule has 0 aliphatic rings. The van der Waals surface area contributed by atoms with Crippen molar-refractivity contribution in [3.05, 3.63) is 46.6 Å². The van der Waals surface area contributed by atoms with Crippen LogP contribution in [0.4, 0.5) is 0 Å². The molecule has 86 valence electrons. The number of H-pyrrole nitrogens is 1. The van der Waals surface area contributed by atoms with Crippen LogP contribution in [0.1, 0.15) is 5.76 Å². The molecular weight excluding hydrogens is 220 g/mol. The van der Waals surface area contributed by atoms with Crippen molar-refractivity contribution in [2.45, 2.75) is 6.92 Å². The average molecular weight is 230 g/mol. The molecule has 0 radical (unpaired) electrons. The van der Waals surface area contributed by atoms with E-state index in [4.69, 9.17) is 4.42 Å². The van der Waals surface area contributed by atoms with E-state index in [0.717, 1.165) is 0 Å². The Balaban J connectivity index is 2.43. The van der Waals surface area contributed by atoms with Gasteiger partial charge in [-0.05, 0) is 25.1 Å². The van der Waals surface area contributed by atoms with Crippen molar-refractivity contribution < 1.29 is 9.52 Å². The van der Waals surface area contributed by atoms with E-state index in [0.29, 0.717) is 22.7 Å². The van der Waals surface area contributed by atoms with Gasteiger partial charge in [-0.25, -0.2) is 9.36 Å². The maximum atomic E-state index is 11.8. The fraction of sp³-hybridized carbons (Fsp3) is 0.0833. The molecule has 0 fully saturated rings. The molecule has 0 saturated carbocycles. The van der Waals surface area contributed by atoms with E-state index in [-0.39, 0.29) is 11.4 Å². The number of aromatic hydroxyl groups is 1. The Morgan fingerprint density at radius 3 is 2.82 bits per heavy atom. The highest BCUT2D eigenvalue weighted by atomic mass is 16.4. The summed E-state index contributed by atoms with van der Waals surface area (Å²) in [6.45, 7) is 1.79. The Hall–Kier alpha value is -2.43. The molecular formula is C12H10N2O3. The van der Waals surface area contributed by atoms with Gasteiger partial charge in [-0.3, -0.25) is 0 Å². The number of imidazole rings is 1. The van der Waals surface area contributed by atoms with E-state index in [1.54, 1.807) is 31.2 Å². The Labute approximate surface area is 95.9 Å². The smallest absolute Gasteiger partial charge is 0.333 e. The molecule has 3 rings (SSSR count). The van der Waals surface area contributed by atoms with E-state index >= 15 is 0 Å². The molecule has 5 heteroatoms. The summed E-state index contributed by atoms with van der Waals surface area (Å²) in [6.07, 6.45) is 0. The summed E-state index contributed by atoms with van der Waals surface area (Å²) in [7, 11) is 0. The molecule has 2 N–H and O–H groups in total. The number of phenols is 1. The van der Waals surface area contributed by atoms with Crippen LogP contribution in [0.15, 0.2) is 39.5 Å². The maximum absolute atomic E-state index is 11.8. The number of aromatic nitrogens is 2. The first kappa shape index (κ1) is 9.77. The monoisotopic (exact) mass is 230 g/mol. The minimum atomic E-state index is -0.337. The first-order chi connectivity index (χ1) is 8.16. The third-order valence-electron chi connectivity index (χ3n) is 2.63. The molecule has 3 aromatic rings. The predicted octanol–water partition coefficient (Wildman–Crippen LogP) is 1.93. The minimum Gasteiger partial charge on any atom is -0.506 e. The van der Waals surface area contributed by atoms with Gasteiger partial charge in [-0.1, -0.05) is 6.07 Å². The number of hydrogen-bond acceptors (Lipinski definition) is 3. The quantitative estimate of drug-likeness (QED) is 0.671. The molecule has 0 saturated heterocycles. The largest absolute Gasteiger partial charge is 0.506 e. The highest BCUT2D eigenvalue weighted by Gasteiger charge is 2.14. The SMILES string of the molecule is Cc1ccc(-n2c(=O)[nH]c3cccc(O)c32)o1. The second kappa shape index (κ2) is 3.28. The third kappa shape index (κ3) is 1.36. The second-order valence-corrected chi connectivity index (χ2v) is 3.82. The van der Waals surface area contributed by atoms with Gasteiger partial charge in [-0.15, -0.1) is 0 Å². The Morgan fingerprint density at radius 2 is 2.12 bits per heavy atom. The zero-order valence-corrected chi connectivity index (χ0v) is 9.10. The Bertz CT molecular complexity index is 749. The van der Waals surface area contributed by atoms with Gasteiger partial charge in [0.1, 0.15) is 17.0 Å². The lowest BCUT2D eigenvalue weighted by atomic mass is 10.3. The number of aromatic amines is 1. The number of phenolic OH excluding ortho intramolecular Hbond substituents is 1. The van der Waals surface area contributed by atoms with Crippen LogP contribution < -0.4 is 5.69 Å². The van der Waals surface area contributed by atoms with Crippen LogP contribution in [0.3, 0.4) is 0 Å². The number of benzene rings is 1. The van der Waals surface area contributed by atoms with Gasteiger partial charge in [0.2, 0.25) is 5.88 Å². The number of nitrogens with zero attached hydrogens (tertiary/aromatic N) is 1. The molecule has 2 heterocycles. The third-order valence-corrected chi connectivity index (χ3v) is 2.63. The maximum Gasteiger partial charge on any atom is 0.333 e. The van der Waals surface area contributed by atoms with E-state index in [1.165, 1.54) is 10.6 Å². The average Bonchev–Trinajstić information content (AvgIpc) is 2.82. The fourth-order valence-corrected chi connectivity index (χ4v) is 1.89. The standard InChI is InChI=1S/C12H10N2O3/c1-7-5-6-10(17-7)14-11-8(13-12(14)16)3-2-4-9(11)15/h2-6,15H,1H3,(H,13,16). The van der Waals surface area contributed by atoms with Gasteiger partial charge >= 0.3 is 5.69 Å². The van der Waals surface area contributed by atoms with Crippen LogP contribution in [0.5, 0.6) is 5.75 Å². The molecule has 17 heavy (non-hydrogen) atoms. The Morgan fingerprint density at radius 1 is 1.29 bits per heavy atom. The molecule has 2 aromatic heterocycles. The number of rotatable bonds is 1. The first-order valence-corrected chi connectivity index (χ1v) is 5.16. The molecule has 0 atom stereocenters. The molecule has 5 nitrogen and oxygen atoms in total. The topological polar surface area (TPSA) is 71.2 Å². The van der Waals surface area contributed by atoms with Crippen molar-refractivity contribution in [1.82, 2.24) is 9.55 Å². The summed E-state index contributed by atoms with van der Waals surface area (Å²) in [5, 5.41) is 9.81. The zero-order chi connectivity index (χ0) is 12.0.